The minimum atomic E-state index is -3.80. The van der Waals surface area contributed by atoms with Crippen molar-refractivity contribution in [3.8, 4) is 16.8 Å². The lowest BCUT2D eigenvalue weighted by atomic mass is 9.97. The lowest BCUT2D eigenvalue weighted by Crippen LogP contribution is -2.21. The quantitative estimate of drug-likeness (QED) is 0.371. The van der Waals surface area contributed by atoms with E-state index in [-0.39, 0.29) is 0 Å². The summed E-state index contributed by atoms with van der Waals surface area (Å²) in [6, 6.07) is 22.6. The molecule has 3 N–H and O–H groups in total. The molecule has 5 nitrogen and oxygen atoms in total. The molecule has 4 aromatic rings. The Morgan fingerprint density at radius 1 is 0.812 bits per heavy atom. The summed E-state index contributed by atoms with van der Waals surface area (Å²) in [5, 5.41) is 6.30. The van der Waals surface area contributed by atoms with Gasteiger partial charge in [-0.2, -0.15) is 8.42 Å². The molecule has 0 unspecified atom stereocenters. The van der Waals surface area contributed by atoms with Gasteiger partial charge in [-0.3, -0.25) is 4.72 Å². The van der Waals surface area contributed by atoms with Gasteiger partial charge in [-0.15, -0.1) is 0 Å². The van der Waals surface area contributed by atoms with E-state index in [4.69, 9.17) is 5.14 Å². The number of hydrogen-bond acceptors (Lipinski definition) is 2. The van der Waals surface area contributed by atoms with Crippen LogP contribution in [0.3, 0.4) is 0 Å². The molecule has 0 aliphatic carbocycles. The van der Waals surface area contributed by atoms with E-state index in [2.05, 4.69) is 85.6 Å². The van der Waals surface area contributed by atoms with Crippen LogP contribution in [-0.4, -0.2) is 13.0 Å². The maximum Gasteiger partial charge on any atom is 0.296 e. The van der Waals surface area contributed by atoms with Crippen molar-refractivity contribution in [1.29, 1.82) is 0 Å². The lowest BCUT2D eigenvalue weighted by Gasteiger charge is -2.10. The molecule has 3 aromatic carbocycles. The van der Waals surface area contributed by atoms with E-state index >= 15 is 0 Å². The summed E-state index contributed by atoms with van der Waals surface area (Å²) in [7, 11) is -3.80. The molecule has 0 aliphatic rings. The molecule has 0 aliphatic heterocycles. The van der Waals surface area contributed by atoms with Gasteiger partial charge in [0.1, 0.15) is 0 Å². The predicted molar refractivity (Wildman–Crippen MR) is 134 cm³/mol. The summed E-state index contributed by atoms with van der Waals surface area (Å²) in [4.78, 5) is 0. The SMILES string of the molecule is CC(C)c1ccc(-c2ccc3c(C(C)C)cn(-c4ccc(NS(N)(=O)=O)cc4)c3c2)cc1. The zero-order valence-electron chi connectivity index (χ0n) is 18.8. The van der Waals surface area contributed by atoms with Gasteiger partial charge in [0, 0.05) is 23.0 Å². The Morgan fingerprint density at radius 2 is 1.44 bits per heavy atom. The second kappa shape index (κ2) is 8.45. The summed E-state index contributed by atoms with van der Waals surface area (Å²) < 4.78 is 27.1. The summed E-state index contributed by atoms with van der Waals surface area (Å²) >= 11 is 0. The van der Waals surface area contributed by atoms with E-state index in [1.807, 2.05) is 12.1 Å². The number of benzene rings is 3. The van der Waals surface area contributed by atoms with Gasteiger partial charge in [0.2, 0.25) is 0 Å². The highest BCUT2D eigenvalue weighted by molar-refractivity contribution is 7.90. The second-order valence-electron chi connectivity index (χ2n) is 8.81. The molecule has 166 valence electrons. The smallest absolute Gasteiger partial charge is 0.296 e. The van der Waals surface area contributed by atoms with Crippen molar-refractivity contribution in [2.45, 2.75) is 39.5 Å². The molecule has 6 heteroatoms. The third-order valence-electron chi connectivity index (χ3n) is 5.77. The molecule has 1 aromatic heterocycles. The van der Waals surface area contributed by atoms with Crippen molar-refractivity contribution in [3.05, 3.63) is 84.1 Å². The molecule has 0 radical (unpaired) electrons. The third kappa shape index (κ3) is 4.56. The Balaban J connectivity index is 1.80. The van der Waals surface area contributed by atoms with Crippen molar-refractivity contribution in [1.82, 2.24) is 4.57 Å². The van der Waals surface area contributed by atoms with Gasteiger partial charge in [-0.1, -0.05) is 64.1 Å². The molecule has 0 bridgehead atoms. The number of anilines is 1. The van der Waals surface area contributed by atoms with Crippen molar-refractivity contribution in [2.75, 3.05) is 4.72 Å². The average molecular weight is 448 g/mol. The lowest BCUT2D eigenvalue weighted by molar-refractivity contribution is 0.603. The van der Waals surface area contributed by atoms with Crippen molar-refractivity contribution in [3.63, 3.8) is 0 Å². The summed E-state index contributed by atoms with van der Waals surface area (Å²) in [5.41, 5.74) is 7.45. The van der Waals surface area contributed by atoms with E-state index < -0.39 is 10.2 Å². The van der Waals surface area contributed by atoms with Crippen LogP contribution >= 0.6 is 0 Å². The molecule has 0 saturated carbocycles. The Hall–Kier alpha value is -3.09. The standard InChI is InChI=1S/C26H29N3O2S/c1-17(2)19-5-7-20(8-6-19)21-9-14-24-25(18(3)4)16-29(26(24)15-21)23-12-10-22(11-13-23)28-32(27,30)31/h5-18,28H,1-4H3,(H2,27,30,31). The van der Waals surface area contributed by atoms with Gasteiger partial charge in [-0.05, 0) is 64.4 Å². The van der Waals surface area contributed by atoms with E-state index in [0.29, 0.717) is 17.5 Å². The van der Waals surface area contributed by atoms with E-state index in [9.17, 15) is 8.42 Å². The van der Waals surface area contributed by atoms with Gasteiger partial charge < -0.3 is 4.57 Å². The number of nitrogens with zero attached hydrogens (tertiary/aromatic N) is 1. The van der Waals surface area contributed by atoms with Crippen molar-refractivity contribution < 1.29 is 8.42 Å². The normalized spacial score (nSPS) is 12.1. The van der Waals surface area contributed by atoms with Gasteiger partial charge in [0.15, 0.2) is 0 Å². The highest BCUT2D eigenvalue weighted by atomic mass is 32.2. The monoisotopic (exact) mass is 447 g/mol. The molecule has 0 fully saturated rings. The molecule has 1 heterocycles. The topological polar surface area (TPSA) is 77.1 Å². The number of hydrogen-bond donors (Lipinski definition) is 2. The molecule has 32 heavy (non-hydrogen) atoms. The fraction of sp³-hybridized carbons (Fsp3) is 0.231. The van der Waals surface area contributed by atoms with Crippen LogP contribution in [0, 0.1) is 0 Å². The van der Waals surface area contributed by atoms with Gasteiger partial charge >= 0.3 is 0 Å². The zero-order chi connectivity index (χ0) is 23.0. The summed E-state index contributed by atoms with van der Waals surface area (Å²) in [5.74, 6) is 0.877. The molecule has 0 spiro atoms. The van der Waals surface area contributed by atoms with Crippen LogP contribution in [0.15, 0.2) is 72.9 Å². The Morgan fingerprint density at radius 3 is 2.00 bits per heavy atom. The highest BCUT2D eigenvalue weighted by Gasteiger charge is 2.14. The average Bonchev–Trinajstić information content (AvgIpc) is 3.12. The number of rotatable bonds is 6. The maximum absolute atomic E-state index is 11.3. The van der Waals surface area contributed by atoms with Crippen LogP contribution in [0.1, 0.15) is 50.7 Å². The number of nitrogens with one attached hydrogen (secondary N) is 1. The van der Waals surface area contributed by atoms with Crippen LogP contribution in [0.4, 0.5) is 5.69 Å². The summed E-state index contributed by atoms with van der Waals surface area (Å²) in [6.45, 7) is 8.78. The largest absolute Gasteiger partial charge is 0.316 e. The first-order chi connectivity index (χ1) is 15.1. The van der Waals surface area contributed by atoms with Gasteiger partial charge in [0.05, 0.1) is 5.52 Å². The molecule has 4 rings (SSSR count). The first-order valence-electron chi connectivity index (χ1n) is 10.8. The highest BCUT2D eigenvalue weighted by Crippen LogP contribution is 2.34. The minimum Gasteiger partial charge on any atom is -0.316 e. The van der Waals surface area contributed by atoms with E-state index in [1.165, 1.54) is 22.1 Å². The minimum absolute atomic E-state index is 0.373. The fourth-order valence-electron chi connectivity index (χ4n) is 4.02. The van der Waals surface area contributed by atoms with E-state index in [0.717, 1.165) is 16.8 Å². The first kappa shape index (κ1) is 22.1. The van der Waals surface area contributed by atoms with Crippen molar-refractivity contribution in [2.24, 2.45) is 5.14 Å². The van der Waals surface area contributed by atoms with Crippen molar-refractivity contribution >= 4 is 26.8 Å². The Kier molecular flexibility index (Phi) is 5.84. The van der Waals surface area contributed by atoms with Crippen LogP contribution in [0.5, 0.6) is 0 Å². The second-order valence-corrected chi connectivity index (χ2v) is 10.1. The van der Waals surface area contributed by atoms with Crippen LogP contribution < -0.4 is 9.86 Å². The van der Waals surface area contributed by atoms with Gasteiger partial charge in [-0.25, -0.2) is 5.14 Å². The van der Waals surface area contributed by atoms with Gasteiger partial charge in [0.25, 0.3) is 10.2 Å². The first-order valence-corrected chi connectivity index (χ1v) is 12.3. The predicted octanol–water partition coefficient (Wildman–Crippen LogP) is 6.16. The number of aromatic nitrogens is 1. The number of nitrogens with two attached hydrogens (primary N) is 1. The number of fused-ring (bicyclic) bond motifs is 1. The molecule has 0 saturated heterocycles. The molecular weight excluding hydrogens is 418 g/mol. The zero-order valence-corrected chi connectivity index (χ0v) is 19.6. The maximum atomic E-state index is 11.3. The van der Waals surface area contributed by atoms with Crippen LogP contribution in [-0.2, 0) is 10.2 Å². The molecular formula is C26H29N3O2S. The fourth-order valence-corrected chi connectivity index (χ4v) is 4.49. The Labute approximate surface area is 190 Å². The molecule has 0 amide bonds. The third-order valence-corrected chi connectivity index (χ3v) is 6.29. The van der Waals surface area contributed by atoms with Crippen LogP contribution in [0.2, 0.25) is 0 Å². The Bertz CT molecular complexity index is 1350. The van der Waals surface area contributed by atoms with E-state index in [1.54, 1.807) is 12.1 Å². The molecule has 0 atom stereocenters. The van der Waals surface area contributed by atoms with Crippen LogP contribution in [0.25, 0.3) is 27.7 Å². The summed E-state index contributed by atoms with van der Waals surface area (Å²) in [6.07, 6.45) is 2.17.